The van der Waals surface area contributed by atoms with Gasteiger partial charge in [0.05, 0.1) is 0 Å². The molecular weight excluding hydrogens is 308 g/mol. The summed E-state index contributed by atoms with van der Waals surface area (Å²) in [7, 11) is -4.93. The molecule has 0 rings (SSSR count). The quantitative estimate of drug-likeness (QED) is 0.419. The van der Waals surface area contributed by atoms with Crippen molar-refractivity contribution in [1.82, 2.24) is 0 Å². The van der Waals surface area contributed by atoms with E-state index >= 15 is 0 Å². The van der Waals surface area contributed by atoms with Gasteiger partial charge in [-0.05, 0) is 51.4 Å². The zero-order valence-corrected chi connectivity index (χ0v) is 16.1. The van der Waals surface area contributed by atoms with Crippen molar-refractivity contribution in [3.8, 4) is 0 Å². The molecule has 0 amide bonds. The van der Waals surface area contributed by atoms with Crippen molar-refractivity contribution in [2.45, 2.75) is 108 Å². The van der Waals surface area contributed by atoms with Crippen molar-refractivity contribution in [3.63, 3.8) is 0 Å². The van der Waals surface area contributed by atoms with Crippen LogP contribution in [0.5, 0.6) is 0 Å². The predicted molar refractivity (Wildman–Crippen MR) is 112 cm³/mol. The minimum absolute atomic E-state index is 0. The fraction of sp³-hybridized carbons (Fsp3) is 1.00. The van der Waals surface area contributed by atoms with E-state index in [1.165, 1.54) is 24.9 Å². The first-order valence-corrected chi connectivity index (χ1v) is 16.0. The summed E-state index contributed by atoms with van der Waals surface area (Å²) in [5.41, 5.74) is 0. The second kappa shape index (κ2) is 13.1. The van der Waals surface area contributed by atoms with Crippen LogP contribution in [0.25, 0.3) is 0 Å². The number of rotatable bonds is 8. The Labute approximate surface area is 141 Å². The van der Waals surface area contributed by atoms with E-state index in [0.29, 0.717) is 0 Å². The summed E-state index contributed by atoms with van der Waals surface area (Å²) in [5.74, 6) is 0. The van der Waals surface area contributed by atoms with Crippen LogP contribution in [0.4, 0.5) is 0 Å². The van der Waals surface area contributed by atoms with E-state index < -0.39 is 25.2 Å². The van der Waals surface area contributed by atoms with E-state index in [1.54, 1.807) is 0 Å². The third kappa shape index (κ3) is 16.8. The molecule has 0 heterocycles. The van der Waals surface area contributed by atoms with E-state index in [-0.39, 0.29) is 29.7 Å². The lowest BCUT2D eigenvalue weighted by atomic mass is 10.6. The van der Waals surface area contributed by atoms with E-state index in [1.807, 2.05) is 0 Å². The second-order valence-corrected chi connectivity index (χ2v) is 19.1. The first kappa shape index (κ1) is 33.2. The molecule has 0 aliphatic heterocycles. The van der Waals surface area contributed by atoms with Gasteiger partial charge in [0, 0.05) is 0 Å². The molecule has 21 heavy (non-hydrogen) atoms. The summed E-state index contributed by atoms with van der Waals surface area (Å²) in [6, 6.07) is 2.48. The third-order valence-corrected chi connectivity index (χ3v) is 14.5. The summed E-state index contributed by atoms with van der Waals surface area (Å²) >= 11 is 0. The Morgan fingerprint density at radius 1 is 0.571 bits per heavy atom. The Morgan fingerprint density at radius 3 is 1.00 bits per heavy atom. The van der Waals surface area contributed by atoms with Gasteiger partial charge >= 0.3 is 8.56 Å². The van der Waals surface area contributed by atoms with Gasteiger partial charge in [-0.3, -0.25) is 0 Å². The van der Waals surface area contributed by atoms with Gasteiger partial charge in [-0.2, -0.15) is 0 Å². The highest BCUT2D eigenvalue weighted by Gasteiger charge is 2.38. The summed E-state index contributed by atoms with van der Waals surface area (Å²) in [6.45, 7) is 18.2. The maximum atomic E-state index is 6.44. The van der Waals surface area contributed by atoms with Gasteiger partial charge in [0.1, 0.15) is 0 Å². The smallest absolute Gasteiger partial charge is 0.311 e. The molecule has 2 nitrogen and oxygen atoms in total. The van der Waals surface area contributed by atoms with E-state index in [4.69, 9.17) is 8.23 Å². The molecule has 0 fully saturated rings. The molecule has 0 saturated carbocycles. The van der Waals surface area contributed by atoms with Crippen LogP contribution in [0.15, 0.2) is 0 Å². The van der Waals surface area contributed by atoms with Crippen molar-refractivity contribution in [3.05, 3.63) is 0 Å². The van der Waals surface area contributed by atoms with Crippen molar-refractivity contribution < 1.29 is 8.23 Å². The summed E-state index contributed by atoms with van der Waals surface area (Å²) in [4.78, 5) is 0. The van der Waals surface area contributed by atoms with Crippen LogP contribution in [-0.4, -0.2) is 25.2 Å². The van der Waals surface area contributed by atoms with E-state index in [2.05, 4.69) is 53.1 Å². The molecular formula is C16H48O2Si3. The van der Waals surface area contributed by atoms with Crippen LogP contribution >= 0.6 is 0 Å². The minimum atomic E-state index is -1.93. The number of hydrogen-bond donors (Lipinski definition) is 0. The van der Waals surface area contributed by atoms with Crippen LogP contribution in [0, 0.1) is 0 Å². The largest absolute Gasteiger partial charge is 0.437 e. The third-order valence-electron chi connectivity index (χ3n) is 2.75. The van der Waals surface area contributed by atoms with Gasteiger partial charge in [0.15, 0.2) is 16.6 Å². The topological polar surface area (TPSA) is 18.5 Å². The monoisotopic (exact) mass is 356 g/mol. The van der Waals surface area contributed by atoms with Crippen molar-refractivity contribution in [2.75, 3.05) is 0 Å². The molecule has 0 aromatic carbocycles. The Morgan fingerprint density at radius 2 is 0.810 bits per heavy atom. The maximum Gasteiger partial charge on any atom is 0.311 e. The molecule has 136 valence electrons. The highest BCUT2D eigenvalue weighted by Crippen LogP contribution is 2.25. The maximum absolute atomic E-state index is 6.44. The highest BCUT2D eigenvalue weighted by atomic mass is 28.5. The SMILES string of the molecule is C.C.C.C.CCC[Si](C)(C)O[Si](C)(C)O[Si](C)(C)CCC. The molecule has 0 radical (unpaired) electrons. The molecule has 0 aromatic rings. The molecule has 5 heteroatoms. The molecule has 0 saturated heterocycles. The zero-order valence-electron chi connectivity index (χ0n) is 13.1. The normalized spacial score (nSPS) is 11.4. The van der Waals surface area contributed by atoms with Crippen molar-refractivity contribution in [2.24, 2.45) is 0 Å². The van der Waals surface area contributed by atoms with Crippen LogP contribution < -0.4 is 0 Å². The summed E-state index contributed by atoms with van der Waals surface area (Å²) < 4.78 is 12.9. The van der Waals surface area contributed by atoms with Gasteiger partial charge < -0.3 is 8.23 Å². The summed E-state index contributed by atoms with van der Waals surface area (Å²) in [6.07, 6.45) is 2.44. The standard InChI is InChI=1S/C12H32O2Si3.4CH4/c1-9-11-15(3,4)13-17(7,8)14-16(5,6)12-10-2;;;;/h9-12H2,1-8H3;4*1H4. The number of hydrogen-bond acceptors (Lipinski definition) is 2. The molecule has 0 unspecified atom stereocenters. The first-order valence-electron chi connectivity index (χ1n) is 6.94. The summed E-state index contributed by atoms with van der Waals surface area (Å²) in [5, 5.41) is 0. The Kier molecular flexibility index (Phi) is 20.7. The lowest BCUT2D eigenvalue weighted by Gasteiger charge is -2.38. The van der Waals surface area contributed by atoms with E-state index in [0.717, 1.165) is 0 Å². The van der Waals surface area contributed by atoms with Crippen LogP contribution in [0.1, 0.15) is 56.4 Å². The fourth-order valence-electron chi connectivity index (χ4n) is 2.66. The van der Waals surface area contributed by atoms with E-state index in [9.17, 15) is 0 Å². The molecule has 0 aromatic heterocycles. The predicted octanol–water partition coefficient (Wildman–Crippen LogP) is 7.50. The van der Waals surface area contributed by atoms with Gasteiger partial charge in [0.2, 0.25) is 0 Å². The van der Waals surface area contributed by atoms with Gasteiger partial charge in [-0.1, -0.05) is 56.4 Å². The Bertz CT molecular complexity index is 208. The lowest BCUT2D eigenvalue weighted by Crippen LogP contribution is -2.52. The average molecular weight is 357 g/mol. The van der Waals surface area contributed by atoms with Crippen LogP contribution in [-0.2, 0) is 8.23 Å². The fourth-order valence-corrected chi connectivity index (χ4v) is 17.1. The molecule has 0 N–H and O–H groups in total. The molecule has 0 atom stereocenters. The Balaban J connectivity index is -0.000000213. The molecule has 0 spiro atoms. The molecule has 0 aliphatic carbocycles. The van der Waals surface area contributed by atoms with Gasteiger partial charge in [0.25, 0.3) is 0 Å². The first-order chi connectivity index (χ1) is 7.54. The highest BCUT2D eigenvalue weighted by molar-refractivity contribution is 6.87. The van der Waals surface area contributed by atoms with Crippen molar-refractivity contribution in [1.29, 1.82) is 0 Å². The second-order valence-electron chi connectivity index (χ2n) is 6.62. The average Bonchev–Trinajstić information content (AvgIpc) is 1.96. The van der Waals surface area contributed by atoms with Crippen molar-refractivity contribution >= 4 is 25.2 Å². The van der Waals surface area contributed by atoms with Crippen LogP contribution in [0.2, 0.25) is 51.4 Å². The zero-order chi connectivity index (χ0) is 13.7. The minimum Gasteiger partial charge on any atom is -0.437 e. The van der Waals surface area contributed by atoms with Gasteiger partial charge in [-0.25, -0.2) is 0 Å². The molecule has 0 bridgehead atoms. The molecule has 0 aliphatic rings. The Hall–Kier alpha value is 0.571. The lowest BCUT2D eigenvalue weighted by molar-refractivity contribution is 0.387. The van der Waals surface area contributed by atoms with Gasteiger partial charge in [-0.15, -0.1) is 0 Å². The van der Waals surface area contributed by atoms with Crippen LogP contribution in [0.3, 0.4) is 0 Å².